The predicted octanol–water partition coefficient (Wildman–Crippen LogP) is 0.424. The van der Waals surface area contributed by atoms with Crippen LogP contribution >= 0.6 is 0 Å². The zero-order valence-electron chi connectivity index (χ0n) is 7.14. The van der Waals surface area contributed by atoms with E-state index < -0.39 is 17.0 Å². The predicted molar refractivity (Wildman–Crippen MR) is 50.3 cm³/mol. The van der Waals surface area contributed by atoms with Crippen molar-refractivity contribution in [2.75, 3.05) is 0 Å². The Morgan fingerprint density at radius 2 is 2.14 bits per heavy atom. The Kier molecular flexibility index (Phi) is 3.34. The van der Waals surface area contributed by atoms with E-state index in [1.807, 2.05) is 0 Å². The number of nitrogens with two attached hydrogens (primary N) is 1. The number of hydrogen-bond donors (Lipinski definition) is 3. The molecule has 0 spiro atoms. The second kappa shape index (κ2) is 4.32. The van der Waals surface area contributed by atoms with Gasteiger partial charge in [-0.25, -0.2) is 9.00 Å². The van der Waals surface area contributed by atoms with Crippen molar-refractivity contribution in [2.24, 2.45) is 5.73 Å². The van der Waals surface area contributed by atoms with Gasteiger partial charge in [0.1, 0.15) is 0 Å². The molecule has 0 aromatic heterocycles. The fraction of sp³-hybridized carbons (Fsp3) is 0.125. The minimum atomic E-state index is -2.21. The van der Waals surface area contributed by atoms with Crippen LogP contribution in [-0.4, -0.2) is 19.8 Å². The molecule has 0 aliphatic heterocycles. The molecule has 1 unspecified atom stereocenters. The number of carbonyl (C=O) groups is 1. The number of carboxylic acid groups (broad SMARTS) is 1. The largest absolute Gasteiger partial charge is 0.478 e. The van der Waals surface area contributed by atoms with E-state index in [0.717, 1.165) is 0 Å². The Hall–Kier alpha value is -1.24. The molecule has 0 amide bonds. The lowest BCUT2D eigenvalue weighted by Gasteiger charge is -2.06. The monoisotopic (exact) mass is 215 g/mol. The average Bonchev–Trinajstić information content (AvgIpc) is 2.16. The van der Waals surface area contributed by atoms with Gasteiger partial charge in [-0.05, 0) is 17.7 Å². The van der Waals surface area contributed by atoms with Gasteiger partial charge in [-0.2, -0.15) is 0 Å². The van der Waals surface area contributed by atoms with E-state index in [0.29, 0.717) is 0 Å². The quantitative estimate of drug-likeness (QED) is 0.634. The molecule has 76 valence electrons. The van der Waals surface area contributed by atoms with Crippen molar-refractivity contribution >= 4 is 17.0 Å². The standard InChI is InChI=1S/C8H9NO4S/c9-4-6-5(8(10)11)2-1-3-7(6)14(12)13/h1-3H,4,9H2,(H,10,11)(H,12,13). The molecule has 0 saturated heterocycles. The van der Waals surface area contributed by atoms with E-state index in [-0.39, 0.29) is 22.6 Å². The van der Waals surface area contributed by atoms with E-state index in [1.165, 1.54) is 18.2 Å². The second-order valence-electron chi connectivity index (χ2n) is 2.54. The van der Waals surface area contributed by atoms with Crippen LogP contribution in [0.15, 0.2) is 23.1 Å². The van der Waals surface area contributed by atoms with E-state index >= 15 is 0 Å². The lowest BCUT2D eigenvalue weighted by molar-refractivity contribution is 0.0695. The van der Waals surface area contributed by atoms with Gasteiger partial charge >= 0.3 is 5.97 Å². The highest BCUT2D eigenvalue weighted by atomic mass is 32.2. The fourth-order valence-electron chi connectivity index (χ4n) is 1.14. The van der Waals surface area contributed by atoms with Crippen molar-refractivity contribution in [3.63, 3.8) is 0 Å². The summed E-state index contributed by atoms with van der Waals surface area (Å²) in [6, 6.07) is 4.14. The lowest BCUT2D eigenvalue weighted by atomic mass is 10.1. The maximum atomic E-state index is 10.8. The molecular weight excluding hydrogens is 206 g/mol. The summed E-state index contributed by atoms with van der Waals surface area (Å²) in [5, 5.41) is 8.77. The molecular formula is C8H9NO4S. The van der Waals surface area contributed by atoms with E-state index in [2.05, 4.69) is 0 Å². The molecule has 0 fully saturated rings. The van der Waals surface area contributed by atoms with Crippen LogP contribution in [0.25, 0.3) is 0 Å². The molecule has 14 heavy (non-hydrogen) atoms. The second-order valence-corrected chi connectivity index (χ2v) is 3.48. The first-order valence-corrected chi connectivity index (χ1v) is 4.84. The van der Waals surface area contributed by atoms with Crippen molar-refractivity contribution in [1.82, 2.24) is 0 Å². The van der Waals surface area contributed by atoms with Crippen LogP contribution in [0.4, 0.5) is 0 Å². The van der Waals surface area contributed by atoms with Gasteiger partial charge < -0.3 is 15.4 Å². The molecule has 0 saturated carbocycles. The number of hydrogen-bond acceptors (Lipinski definition) is 3. The maximum Gasteiger partial charge on any atom is 0.336 e. The Morgan fingerprint density at radius 3 is 2.57 bits per heavy atom. The number of carboxylic acids is 1. The van der Waals surface area contributed by atoms with Crippen molar-refractivity contribution in [1.29, 1.82) is 0 Å². The molecule has 4 N–H and O–H groups in total. The van der Waals surface area contributed by atoms with Crippen LogP contribution in [-0.2, 0) is 17.6 Å². The van der Waals surface area contributed by atoms with Gasteiger partial charge in [-0.3, -0.25) is 0 Å². The van der Waals surface area contributed by atoms with Crippen LogP contribution in [0.3, 0.4) is 0 Å². The van der Waals surface area contributed by atoms with Gasteiger partial charge in [0.05, 0.1) is 10.5 Å². The number of benzene rings is 1. The summed E-state index contributed by atoms with van der Waals surface area (Å²) in [6.07, 6.45) is 0. The highest BCUT2D eigenvalue weighted by Crippen LogP contribution is 2.17. The lowest BCUT2D eigenvalue weighted by Crippen LogP contribution is -2.10. The summed E-state index contributed by atoms with van der Waals surface area (Å²) in [7, 11) is 0. The van der Waals surface area contributed by atoms with Crippen LogP contribution < -0.4 is 5.73 Å². The molecule has 0 heterocycles. The third-order valence-electron chi connectivity index (χ3n) is 1.76. The Balaban J connectivity index is 3.39. The molecule has 0 aliphatic carbocycles. The van der Waals surface area contributed by atoms with Gasteiger partial charge in [0.15, 0.2) is 11.1 Å². The first-order chi connectivity index (χ1) is 6.57. The summed E-state index contributed by atoms with van der Waals surface area (Å²) in [5.41, 5.74) is 5.48. The minimum absolute atomic E-state index is 0.0348. The molecule has 0 aliphatic rings. The van der Waals surface area contributed by atoms with E-state index in [4.69, 9.17) is 15.4 Å². The van der Waals surface area contributed by atoms with Crippen LogP contribution in [0.2, 0.25) is 0 Å². The third-order valence-corrected chi connectivity index (χ3v) is 2.51. The average molecular weight is 215 g/mol. The molecule has 0 radical (unpaired) electrons. The van der Waals surface area contributed by atoms with Crippen LogP contribution in [0, 0.1) is 0 Å². The summed E-state index contributed by atoms with van der Waals surface area (Å²) < 4.78 is 19.7. The summed E-state index contributed by atoms with van der Waals surface area (Å²) >= 11 is -2.21. The highest BCUT2D eigenvalue weighted by molar-refractivity contribution is 7.79. The van der Waals surface area contributed by atoms with Gasteiger partial charge in [0.2, 0.25) is 0 Å². The van der Waals surface area contributed by atoms with E-state index in [1.54, 1.807) is 0 Å². The third kappa shape index (κ3) is 1.98. The Morgan fingerprint density at radius 1 is 1.50 bits per heavy atom. The molecule has 1 rings (SSSR count). The van der Waals surface area contributed by atoms with Crippen molar-refractivity contribution in [3.8, 4) is 0 Å². The maximum absolute atomic E-state index is 10.8. The molecule has 5 nitrogen and oxygen atoms in total. The summed E-state index contributed by atoms with van der Waals surface area (Å²) in [6.45, 7) is -0.0793. The summed E-state index contributed by atoms with van der Waals surface area (Å²) in [4.78, 5) is 10.8. The minimum Gasteiger partial charge on any atom is -0.478 e. The first kappa shape index (κ1) is 10.8. The summed E-state index contributed by atoms with van der Waals surface area (Å²) in [5.74, 6) is -1.15. The molecule has 1 atom stereocenters. The van der Waals surface area contributed by atoms with Gasteiger partial charge in [0, 0.05) is 6.54 Å². The van der Waals surface area contributed by atoms with Crippen LogP contribution in [0.5, 0.6) is 0 Å². The Bertz CT molecular complexity index is 359. The smallest absolute Gasteiger partial charge is 0.336 e. The molecule has 0 bridgehead atoms. The van der Waals surface area contributed by atoms with Crippen molar-refractivity contribution < 1.29 is 18.7 Å². The van der Waals surface area contributed by atoms with Gasteiger partial charge in [-0.15, -0.1) is 0 Å². The normalized spacial score (nSPS) is 12.4. The van der Waals surface area contributed by atoms with Crippen LogP contribution in [0.1, 0.15) is 15.9 Å². The highest BCUT2D eigenvalue weighted by Gasteiger charge is 2.15. The SMILES string of the molecule is NCc1c(C(=O)O)cccc1S(=O)O. The molecule has 6 heteroatoms. The van der Waals surface area contributed by atoms with Crippen molar-refractivity contribution in [2.45, 2.75) is 11.4 Å². The zero-order chi connectivity index (χ0) is 10.7. The number of rotatable bonds is 3. The Labute approximate surface area is 82.8 Å². The molecule has 1 aromatic carbocycles. The van der Waals surface area contributed by atoms with Crippen molar-refractivity contribution in [3.05, 3.63) is 29.3 Å². The van der Waals surface area contributed by atoms with Gasteiger partial charge in [0.25, 0.3) is 0 Å². The fourth-order valence-corrected chi connectivity index (χ4v) is 1.74. The first-order valence-electron chi connectivity index (χ1n) is 3.74. The number of aromatic carboxylic acids is 1. The topological polar surface area (TPSA) is 101 Å². The molecule has 1 aromatic rings. The van der Waals surface area contributed by atoms with E-state index in [9.17, 15) is 9.00 Å². The van der Waals surface area contributed by atoms with Gasteiger partial charge in [-0.1, -0.05) is 6.07 Å². The zero-order valence-corrected chi connectivity index (χ0v) is 7.95.